The van der Waals surface area contributed by atoms with E-state index in [0.717, 1.165) is 37.5 Å². The standard InChI is InChI=1S/C14H26N2O/c1-3-10(2)16-14(13(15)17)8-4-5-12(9-14)11-6-7-11/h10-12,16H,3-9H2,1-2H3,(H2,15,17). The highest BCUT2D eigenvalue weighted by Crippen LogP contribution is 2.46. The molecule has 3 nitrogen and oxygen atoms in total. The molecule has 3 unspecified atom stereocenters. The molecule has 1 amide bonds. The van der Waals surface area contributed by atoms with Crippen molar-refractivity contribution in [1.29, 1.82) is 0 Å². The SMILES string of the molecule is CCC(C)NC1(C(N)=O)CCCC(C2CC2)C1. The Morgan fingerprint density at radius 2 is 2.12 bits per heavy atom. The zero-order valence-corrected chi connectivity index (χ0v) is 11.2. The van der Waals surface area contributed by atoms with Gasteiger partial charge in [-0.05, 0) is 50.9 Å². The van der Waals surface area contributed by atoms with Gasteiger partial charge in [0.05, 0.1) is 5.54 Å². The summed E-state index contributed by atoms with van der Waals surface area (Å²) in [5, 5.41) is 3.52. The largest absolute Gasteiger partial charge is 0.368 e. The Labute approximate surface area is 105 Å². The lowest BCUT2D eigenvalue weighted by molar-refractivity contribution is -0.127. The van der Waals surface area contributed by atoms with Crippen molar-refractivity contribution in [3.05, 3.63) is 0 Å². The van der Waals surface area contributed by atoms with Gasteiger partial charge in [-0.3, -0.25) is 4.79 Å². The summed E-state index contributed by atoms with van der Waals surface area (Å²) < 4.78 is 0. The summed E-state index contributed by atoms with van der Waals surface area (Å²) >= 11 is 0. The molecule has 2 aliphatic rings. The van der Waals surface area contributed by atoms with E-state index in [0.29, 0.717) is 6.04 Å². The van der Waals surface area contributed by atoms with Gasteiger partial charge in [0.25, 0.3) is 0 Å². The second kappa shape index (κ2) is 4.97. The smallest absolute Gasteiger partial charge is 0.237 e. The number of nitrogens with two attached hydrogens (primary N) is 1. The van der Waals surface area contributed by atoms with Gasteiger partial charge >= 0.3 is 0 Å². The fraction of sp³-hybridized carbons (Fsp3) is 0.929. The van der Waals surface area contributed by atoms with Gasteiger partial charge in [-0.15, -0.1) is 0 Å². The summed E-state index contributed by atoms with van der Waals surface area (Å²) in [6, 6.07) is 0.375. The highest BCUT2D eigenvalue weighted by Gasteiger charge is 2.45. The van der Waals surface area contributed by atoms with Gasteiger partial charge in [0.15, 0.2) is 0 Å². The van der Waals surface area contributed by atoms with Crippen molar-refractivity contribution in [2.45, 2.75) is 70.4 Å². The molecule has 17 heavy (non-hydrogen) atoms. The van der Waals surface area contributed by atoms with E-state index >= 15 is 0 Å². The Bertz CT molecular complexity index is 288. The average Bonchev–Trinajstić information content (AvgIpc) is 3.13. The van der Waals surface area contributed by atoms with E-state index in [9.17, 15) is 4.79 Å². The third kappa shape index (κ3) is 2.82. The first kappa shape index (κ1) is 12.9. The van der Waals surface area contributed by atoms with Crippen LogP contribution in [-0.4, -0.2) is 17.5 Å². The molecule has 0 saturated heterocycles. The molecule has 0 spiro atoms. The molecule has 0 heterocycles. The van der Waals surface area contributed by atoms with Crippen LogP contribution in [0.1, 0.15) is 58.8 Å². The van der Waals surface area contributed by atoms with Crippen LogP contribution in [0.5, 0.6) is 0 Å². The van der Waals surface area contributed by atoms with Gasteiger partial charge in [-0.25, -0.2) is 0 Å². The zero-order chi connectivity index (χ0) is 12.5. The second-order valence-electron chi connectivity index (χ2n) is 6.09. The molecule has 2 fully saturated rings. The molecule has 3 heteroatoms. The van der Waals surface area contributed by atoms with E-state index in [2.05, 4.69) is 19.2 Å². The van der Waals surface area contributed by atoms with Crippen LogP contribution in [0.15, 0.2) is 0 Å². The van der Waals surface area contributed by atoms with Gasteiger partial charge in [0, 0.05) is 6.04 Å². The topological polar surface area (TPSA) is 55.1 Å². The fourth-order valence-electron chi connectivity index (χ4n) is 3.29. The normalized spacial score (nSPS) is 35.5. The Kier molecular flexibility index (Phi) is 3.76. The molecule has 0 radical (unpaired) electrons. The van der Waals surface area contributed by atoms with Crippen LogP contribution in [-0.2, 0) is 4.79 Å². The van der Waals surface area contributed by atoms with Crippen LogP contribution in [0.4, 0.5) is 0 Å². The van der Waals surface area contributed by atoms with Crippen LogP contribution >= 0.6 is 0 Å². The first-order valence-electron chi connectivity index (χ1n) is 7.15. The van der Waals surface area contributed by atoms with Gasteiger partial charge in [-0.2, -0.15) is 0 Å². The van der Waals surface area contributed by atoms with Crippen molar-refractivity contribution in [3.63, 3.8) is 0 Å². The third-order valence-electron chi connectivity index (χ3n) is 4.68. The predicted octanol–water partition coefficient (Wildman–Crippen LogP) is 2.20. The van der Waals surface area contributed by atoms with E-state index in [1.54, 1.807) is 0 Å². The Morgan fingerprint density at radius 1 is 1.41 bits per heavy atom. The minimum absolute atomic E-state index is 0.136. The Morgan fingerprint density at radius 3 is 2.65 bits per heavy atom. The van der Waals surface area contributed by atoms with Crippen molar-refractivity contribution in [1.82, 2.24) is 5.32 Å². The maximum Gasteiger partial charge on any atom is 0.237 e. The van der Waals surface area contributed by atoms with Gasteiger partial charge in [0.1, 0.15) is 0 Å². The molecule has 3 atom stereocenters. The highest BCUT2D eigenvalue weighted by atomic mass is 16.1. The molecule has 2 aliphatic carbocycles. The molecule has 0 aliphatic heterocycles. The van der Waals surface area contributed by atoms with E-state index in [1.807, 2.05) is 0 Å². The third-order valence-corrected chi connectivity index (χ3v) is 4.68. The Balaban J connectivity index is 2.06. The summed E-state index contributed by atoms with van der Waals surface area (Å²) in [4.78, 5) is 11.9. The first-order valence-corrected chi connectivity index (χ1v) is 7.15. The number of primary amides is 1. The van der Waals surface area contributed by atoms with E-state index in [1.165, 1.54) is 19.3 Å². The molecule has 3 N–H and O–H groups in total. The molecule has 2 rings (SSSR count). The maximum absolute atomic E-state index is 11.9. The lowest BCUT2D eigenvalue weighted by Crippen LogP contribution is -2.60. The minimum atomic E-state index is -0.416. The van der Waals surface area contributed by atoms with E-state index < -0.39 is 5.54 Å². The molecule has 98 valence electrons. The summed E-state index contributed by atoms with van der Waals surface area (Å²) in [6.07, 6.45) is 8.11. The van der Waals surface area contributed by atoms with Gasteiger partial charge in [-0.1, -0.05) is 19.8 Å². The average molecular weight is 238 g/mol. The molecule has 0 aromatic heterocycles. The van der Waals surface area contributed by atoms with Crippen molar-refractivity contribution in [3.8, 4) is 0 Å². The van der Waals surface area contributed by atoms with Gasteiger partial charge < -0.3 is 11.1 Å². The first-order chi connectivity index (χ1) is 8.07. The number of carbonyl (C=O) groups is 1. The minimum Gasteiger partial charge on any atom is -0.368 e. The summed E-state index contributed by atoms with van der Waals surface area (Å²) in [5.41, 5.74) is 5.27. The predicted molar refractivity (Wildman–Crippen MR) is 69.5 cm³/mol. The summed E-state index contributed by atoms with van der Waals surface area (Å²) in [6.45, 7) is 4.29. The molecule has 0 aromatic rings. The highest BCUT2D eigenvalue weighted by molar-refractivity contribution is 5.84. The molecule has 2 saturated carbocycles. The monoisotopic (exact) mass is 238 g/mol. The lowest BCUT2D eigenvalue weighted by Gasteiger charge is -2.41. The molecular formula is C14H26N2O. The summed E-state index contributed by atoms with van der Waals surface area (Å²) in [5.74, 6) is 1.48. The van der Waals surface area contributed by atoms with Crippen LogP contribution in [0.2, 0.25) is 0 Å². The number of nitrogens with one attached hydrogen (secondary N) is 1. The van der Waals surface area contributed by atoms with Crippen molar-refractivity contribution in [2.24, 2.45) is 17.6 Å². The second-order valence-corrected chi connectivity index (χ2v) is 6.09. The Hall–Kier alpha value is -0.570. The zero-order valence-electron chi connectivity index (χ0n) is 11.2. The van der Waals surface area contributed by atoms with Crippen LogP contribution < -0.4 is 11.1 Å². The van der Waals surface area contributed by atoms with Crippen molar-refractivity contribution < 1.29 is 4.79 Å². The van der Waals surface area contributed by atoms with Crippen molar-refractivity contribution >= 4 is 5.91 Å². The summed E-state index contributed by atoms with van der Waals surface area (Å²) in [7, 11) is 0. The van der Waals surface area contributed by atoms with E-state index in [4.69, 9.17) is 5.73 Å². The van der Waals surface area contributed by atoms with E-state index in [-0.39, 0.29) is 5.91 Å². The van der Waals surface area contributed by atoms with Gasteiger partial charge in [0.2, 0.25) is 5.91 Å². The number of amides is 1. The number of hydrogen-bond acceptors (Lipinski definition) is 2. The molecular weight excluding hydrogens is 212 g/mol. The van der Waals surface area contributed by atoms with Crippen LogP contribution in [0.3, 0.4) is 0 Å². The van der Waals surface area contributed by atoms with Crippen molar-refractivity contribution in [2.75, 3.05) is 0 Å². The lowest BCUT2D eigenvalue weighted by atomic mass is 9.73. The van der Waals surface area contributed by atoms with Crippen LogP contribution in [0, 0.1) is 11.8 Å². The number of carbonyl (C=O) groups excluding carboxylic acids is 1. The maximum atomic E-state index is 11.9. The number of rotatable bonds is 5. The van der Waals surface area contributed by atoms with Crippen LogP contribution in [0.25, 0.3) is 0 Å². The fourth-order valence-corrected chi connectivity index (χ4v) is 3.29. The quantitative estimate of drug-likeness (QED) is 0.771. The molecule has 0 aromatic carbocycles. The number of hydrogen-bond donors (Lipinski definition) is 2. The molecule has 0 bridgehead atoms.